The Bertz CT molecular complexity index is 824. The van der Waals surface area contributed by atoms with Crippen LogP contribution in [0.4, 0.5) is 0 Å². The first-order valence-electron chi connectivity index (χ1n) is 7.10. The molecule has 3 rings (SSSR count). The molecule has 2 aromatic heterocycles. The molecule has 6 heteroatoms. The molecule has 0 aliphatic rings. The van der Waals surface area contributed by atoms with Crippen LogP contribution in [0.3, 0.4) is 0 Å². The summed E-state index contributed by atoms with van der Waals surface area (Å²) in [5.74, 6) is -0.345. The summed E-state index contributed by atoms with van der Waals surface area (Å²) in [6.45, 7) is 1.81. The molecule has 0 aliphatic heterocycles. The smallest absolute Gasteiger partial charge is 0.272 e. The zero-order valence-electron chi connectivity index (χ0n) is 12.5. The molecule has 2 N–H and O–H groups in total. The Kier molecular flexibility index (Phi) is 4.24. The number of nitrogens with one attached hydrogen (secondary N) is 2. The fraction of sp³-hybridized carbons (Fsp3) is 0.0588. The van der Waals surface area contributed by atoms with Gasteiger partial charge in [-0.05, 0) is 19.1 Å². The predicted octanol–water partition coefficient (Wildman–Crippen LogP) is 2.63. The molecule has 0 aliphatic carbocycles. The van der Waals surface area contributed by atoms with Crippen molar-refractivity contribution in [2.45, 2.75) is 6.92 Å². The largest absolute Gasteiger partial charge is 0.289 e. The third-order valence-corrected chi connectivity index (χ3v) is 3.30. The third-order valence-electron chi connectivity index (χ3n) is 3.30. The second-order valence-electron chi connectivity index (χ2n) is 4.91. The van der Waals surface area contributed by atoms with Gasteiger partial charge in [-0.25, -0.2) is 5.43 Å². The average Bonchev–Trinajstić information content (AvgIpc) is 3.11. The number of carbonyl (C=O) groups is 1. The van der Waals surface area contributed by atoms with Crippen LogP contribution in [0.15, 0.2) is 66.0 Å². The van der Waals surface area contributed by atoms with Crippen LogP contribution >= 0.6 is 0 Å². The van der Waals surface area contributed by atoms with Gasteiger partial charge in [0, 0.05) is 23.5 Å². The highest BCUT2D eigenvalue weighted by molar-refractivity contribution is 6.00. The van der Waals surface area contributed by atoms with E-state index in [0.29, 0.717) is 17.1 Å². The normalized spacial score (nSPS) is 11.3. The zero-order valence-corrected chi connectivity index (χ0v) is 12.5. The standard InChI is InChI=1S/C17H15N5O/c1-12(14-8-5-9-18-11-14)19-22-17(23)16-10-15(20-21-16)13-6-3-2-4-7-13/h2-11H,1H3,(H,20,21)(H,22,23). The number of nitrogens with zero attached hydrogens (tertiary/aromatic N) is 3. The van der Waals surface area contributed by atoms with Crippen molar-refractivity contribution in [2.24, 2.45) is 5.10 Å². The number of rotatable bonds is 4. The topological polar surface area (TPSA) is 83.0 Å². The molecule has 0 saturated carbocycles. The monoisotopic (exact) mass is 305 g/mol. The van der Waals surface area contributed by atoms with Gasteiger partial charge in [-0.3, -0.25) is 14.9 Å². The van der Waals surface area contributed by atoms with Gasteiger partial charge in [-0.15, -0.1) is 0 Å². The minimum Gasteiger partial charge on any atom is -0.272 e. The maximum absolute atomic E-state index is 12.1. The molecular formula is C17H15N5O. The van der Waals surface area contributed by atoms with Crippen molar-refractivity contribution in [2.75, 3.05) is 0 Å². The molecule has 1 amide bonds. The lowest BCUT2D eigenvalue weighted by Crippen LogP contribution is -2.19. The number of hydrogen-bond donors (Lipinski definition) is 2. The number of hydrogen-bond acceptors (Lipinski definition) is 4. The first-order chi connectivity index (χ1) is 11.2. The van der Waals surface area contributed by atoms with Crippen molar-refractivity contribution in [3.05, 3.63) is 72.2 Å². The number of carbonyl (C=O) groups excluding carboxylic acids is 1. The molecule has 114 valence electrons. The summed E-state index contributed by atoms with van der Waals surface area (Å²) >= 11 is 0. The quantitative estimate of drug-likeness (QED) is 0.574. The van der Waals surface area contributed by atoms with Crippen molar-refractivity contribution in [3.63, 3.8) is 0 Å². The molecule has 0 saturated heterocycles. The number of aromatic amines is 1. The van der Waals surface area contributed by atoms with E-state index in [2.05, 4.69) is 25.7 Å². The SMILES string of the molecule is CC(=NNC(=O)c1cc(-c2ccccc2)n[nH]1)c1cccnc1. The highest BCUT2D eigenvalue weighted by Crippen LogP contribution is 2.16. The van der Waals surface area contributed by atoms with Gasteiger partial charge in [-0.1, -0.05) is 36.4 Å². The Balaban J connectivity index is 1.71. The lowest BCUT2D eigenvalue weighted by molar-refractivity contribution is 0.0950. The third kappa shape index (κ3) is 3.49. The van der Waals surface area contributed by atoms with Gasteiger partial charge in [0.2, 0.25) is 0 Å². The zero-order chi connectivity index (χ0) is 16.1. The van der Waals surface area contributed by atoms with Crippen LogP contribution in [0.2, 0.25) is 0 Å². The highest BCUT2D eigenvalue weighted by Gasteiger charge is 2.10. The van der Waals surface area contributed by atoms with Crippen LogP contribution in [0.25, 0.3) is 11.3 Å². The summed E-state index contributed by atoms with van der Waals surface area (Å²) in [5, 5.41) is 11.0. The number of hydrazone groups is 1. The molecule has 0 spiro atoms. The van der Waals surface area contributed by atoms with Crippen LogP contribution in [-0.2, 0) is 0 Å². The molecule has 3 aromatic rings. The minimum atomic E-state index is -0.345. The molecule has 6 nitrogen and oxygen atoms in total. The van der Waals surface area contributed by atoms with Gasteiger partial charge in [0.25, 0.3) is 5.91 Å². The predicted molar refractivity (Wildman–Crippen MR) is 87.9 cm³/mol. The van der Waals surface area contributed by atoms with E-state index < -0.39 is 0 Å². The molecule has 23 heavy (non-hydrogen) atoms. The van der Waals surface area contributed by atoms with Crippen LogP contribution in [0, 0.1) is 0 Å². The summed E-state index contributed by atoms with van der Waals surface area (Å²) in [5.41, 5.74) is 6.04. The highest BCUT2D eigenvalue weighted by atomic mass is 16.2. The lowest BCUT2D eigenvalue weighted by atomic mass is 10.1. The minimum absolute atomic E-state index is 0.345. The van der Waals surface area contributed by atoms with E-state index in [-0.39, 0.29) is 5.91 Å². The molecule has 2 heterocycles. The second-order valence-corrected chi connectivity index (χ2v) is 4.91. The summed E-state index contributed by atoms with van der Waals surface area (Å²) in [7, 11) is 0. The van der Waals surface area contributed by atoms with Crippen molar-refractivity contribution in [3.8, 4) is 11.3 Å². The van der Waals surface area contributed by atoms with Crippen LogP contribution in [0.1, 0.15) is 23.0 Å². The Hall–Kier alpha value is -3.28. The Morgan fingerprint density at radius 1 is 1.17 bits per heavy atom. The van der Waals surface area contributed by atoms with Crippen molar-refractivity contribution in [1.82, 2.24) is 20.6 Å². The van der Waals surface area contributed by atoms with E-state index >= 15 is 0 Å². The fourth-order valence-corrected chi connectivity index (χ4v) is 2.03. The molecule has 0 unspecified atom stereocenters. The van der Waals surface area contributed by atoms with Crippen LogP contribution in [-0.4, -0.2) is 26.8 Å². The first-order valence-corrected chi connectivity index (χ1v) is 7.10. The molecule has 0 radical (unpaired) electrons. The van der Waals surface area contributed by atoms with Crippen molar-refractivity contribution >= 4 is 11.6 Å². The Labute approximate surface area is 133 Å². The number of aromatic nitrogens is 3. The second kappa shape index (κ2) is 6.65. The van der Waals surface area contributed by atoms with E-state index in [1.807, 2.05) is 42.5 Å². The average molecular weight is 305 g/mol. The maximum atomic E-state index is 12.1. The summed E-state index contributed by atoms with van der Waals surface area (Å²) in [4.78, 5) is 16.1. The van der Waals surface area contributed by atoms with E-state index in [1.54, 1.807) is 25.4 Å². The van der Waals surface area contributed by atoms with Gasteiger partial charge in [0.05, 0.1) is 11.4 Å². The summed E-state index contributed by atoms with van der Waals surface area (Å²) < 4.78 is 0. The van der Waals surface area contributed by atoms with E-state index in [0.717, 1.165) is 11.1 Å². The lowest BCUT2D eigenvalue weighted by Gasteiger charge is -2.00. The van der Waals surface area contributed by atoms with Gasteiger partial charge >= 0.3 is 0 Å². The van der Waals surface area contributed by atoms with Gasteiger partial charge < -0.3 is 0 Å². The van der Waals surface area contributed by atoms with Crippen molar-refractivity contribution < 1.29 is 4.79 Å². The number of H-pyrrole nitrogens is 1. The maximum Gasteiger partial charge on any atom is 0.289 e. The van der Waals surface area contributed by atoms with Gasteiger partial charge in [-0.2, -0.15) is 10.2 Å². The van der Waals surface area contributed by atoms with E-state index in [1.165, 1.54) is 0 Å². The van der Waals surface area contributed by atoms with E-state index in [9.17, 15) is 4.79 Å². The van der Waals surface area contributed by atoms with Crippen LogP contribution in [0.5, 0.6) is 0 Å². The molecule has 0 fully saturated rings. The number of benzene rings is 1. The number of pyridine rings is 1. The molecule has 1 aromatic carbocycles. The van der Waals surface area contributed by atoms with Crippen LogP contribution < -0.4 is 5.43 Å². The number of amides is 1. The Morgan fingerprint density at radius 3 is 2.74 bits per heavy atom. The molecule has 0 atom stereocenters. The first kappa shape index (κ1) is 14.6. The Morgan fingerprint density at radius 2 is 2.00 bits per heavy atom. The summed E-state index contributed by atoms with van der Waals surface area (Å²) in [6, 6.07) is 15.0. The van der Waals surface area contributed by atoms with E-state index in [4.69, 9.17) is 0 Å². The van der Waals surface area contributed by atoms with Gasteiger partial charge in [0.15, 0.2) is 0 Å². The fourth-order valence-electron chi connectivity index (χ4n) is 2.03. The molecule has 0 bridgehead atoms. The van der Waals surface area contributed by atoms with Gasteiger partial charge in [0.1, 0.15) is 5.69 Å². The summed E-state index contributed by atoms with van der Waals surface area (Å²) in [6.07, 6.45) is 3.37. The van der Waals surface area contributed by atoms with Crippen molar-refractivity contribution in [1.29, 1.82) is 0 Å². The molecular weight excluding hydrogens is 290 g/mol.